The van der Waals surface area contributed by atoms with Gasteiger partial charge in [0.25, 0.3) is 11.8 Å². The Bertz CT molecular complexity index is 1020. The van der Waals surface area contributed by atoms with Crippen molar-refractivity contribution in [2.45, 2.75) is 13.8 Å². The first-order valence-corrected chi connectivity index (χ1v) is 9.80. The number of amides is 2. The molecule has 0 atom stereocenters. The van der Waals surface area contributed by atoms with E-state index in [2.05, 4.69) is 5.10 Å². The van der Waals surface area contributed by atoms with Crippen molar-refractivity contribution in [3.05, 3.63) is 83.2 Å². The molecule has 0 radical (unpaired) electrons. The lowest BCUT2D eigenvalue weighted by Gasteiger charge is -2.35. The van der Waals surface area contributed by atoms with E-state index in [-0.39, 0.29) is 11.8 Å². The van der Waals surface area contributed by atoms with E-state index in [1.165, 1.54) is 0 Å². The van der Waals surface area contributed by atoms with E-state index in [0.717, 1.165) is 17.1 Å². The molecule has 0 saturated carbocycles. The zero-order valence-corrected chi connectivity index (χ0v) is 16.7. The summed E-state index contributed by atoms with van der Waals surface area (Å²) in [6.07, 6.45) is 0. The van der Waals surface area contributed by atoms with Crippen LogP contribution in [0.5, 0.6) is 0 Å². The van der Waals surface area contributed by atoms with Gasteiger partial charge in [-0.15, -0.1) is 0 Å². The third kappa shape index (κ3) is 3.92. The lowest BCUT2D eigenvalue weighted by Crippen LogP contribution is -2.50. The average Bonchev–Trinajstić information content (AvgIpc) is 3.11. The molecule has 1 aromatic heterocycles. The van der Waals surface area contributed by atoms with Crippen molar-refractivity contribution in [3.8, 4) is 5.69 Å². The van der Waals surface area contributed by atoms with Gasteiger partial charge in [-0.05, 0) is 56.3 Å². The number of rotatable bonds is 3. The summed E-state index contributed by atoms with van der Waals surface area (Å²) in [6.45, 7) is 6.14. The van der Waals surface area contributed by atoms with Crippen LogP contribution in [0.25, 0.3) is 5.69 Å². The van der Waals surface area contributed by atoms with Gasteiger partial charge in [0.2, 0.25) is 0 Å². The minimum absolute atomic E-state index is 0.00303. The molecule has 2 heterocycles. The van der Waals surface area contributed by atoms with Crippen LogP contribution in [0, 0.1) is 13.8 Å². The van der Waals surface area contributed by atoms with Crippen molar-refractivity contribution >= 4 is 11.8 Å². The molecule has 148 valence electrons. The highest BCUT2D eigenvalue weighted by Crippen LogP contribution is 2.16. The van der Waals surface area contributed by atoms with Gasteiger partial charge < -0.3 is 9.80 Å². The second-order valence-corrected chi connectivity index (χ2v) is 7.34. The van der Waals surface area contributed by atoms with Gasteiger partial charge in [-0.2, -0.15) is 5.10 Å². The molecule has 2 aromatic carbocycles. The van der Waals surface area contributed by atoms with Gasteiger partial charge >= 0.3 is 0 Å². The molecule has 29 heavy (non-hydrogen) atoms. The molecule has 6 nitrogen and oxygen atoms in total. The molecule has 6 heteroatoms. The second-order valence-electron chi connectivity index (χ2n) is 7.34. The van der Waals surface area contributed by atoms with Gasteiger partial charge in [-0.25, -0.2) is 4.68 Å². The van der Waals surface area contributed by atoms with E-state index in [4.69, 9.17) is 0 Å². The number of nitrogens with zero attached hydrogens (tertiary/aromatic N) is 4. The van der Waals surface area contributed by atoms with Crippen molar-refractivity contribution in [2.75, 3.05) is 26.2 Å². The maximum absolute atomic E-state index is 12.9. The van der Waals surface area contributed by atoms with Crippen LogP contribution in [0.3, 0.4) is 0 Å². The largest absolute Gasteiger partial charge is 0.335 e. The first-order valence-electron chi connectivity index (χ1n) is 9.80. The Balaban J connectivity index is 1.39. The molecule has 1 fully saturated rings. The number of piperazine rings is 1. The third-order valence-electron chi connectivity index (χ3n) is 5.24. The van der Waals surface area contributed by atoms with E-state index in [9.17, 15) is 9.59 Å². The van der Waals surface area contributed by atoms with Crippen LogP contribution < -0.4 is 0 Å². The van der Waals surface area contributed by atoms with Crippen molar-refractivity contribution in [2.24, 2.45) is 0 Å². The van der Waals surface area contributed by atoms with Crippen LogP contribution in [0.4, 0.5) is 0 Å². The Morgan fingerprint density at radius 2 is 1.28 bits per heavy atom. The van der Waals surface area contributed by atoms with Crippen molar-refractivity contribution < 1.29 is 9.59 Å². The lowest BCUT2D eigenvalue weighted by molar-refractivity contribution is 0.0535. The lowest BCUT2D eigenvalue weighted by atomic mass is 10.1. The summed E-state index contributed by atoms with van der Waals surface area (Å²) in [5.41, 5.74) is 4.29. The maximum atomic E-state index is 12.9. The number of hydrogen-bond donors (Lipinski definition) is 0. The number of benzene rings is 2. The van der Waals surface area contributed by atoms with Gasteiger partial charge in [-0.3, -0.25) is 9.59 Å². The Kier molecular flexibility index (Phi) is 5.16. The molecule has 0 unspecified atom stereocenters. The van der Waals surface area contributed by atoms with Gasteiger partial charge in [0.1, 0.15) is 0 Å². The number of aryl methyl sites for hydroxylation is 2. The van der Waals surface area contributed by atoms with Crippen LogP contribution in [0.2, 0.25) is 0 Å². The van der Waals surface area contributed by atoms with E-state index in [0.29, 0.717) is 37.3 Å². The van der Waals surface area contributed by atoms with Crippen LogP contribution in [-0.4, -0.2) is 57.6 Å². The number of carbonyl (C=O) groups excluding carboxylic acids is 2. The summed E-state index contributed by atoms with van der Waals surface area (Å²) in [7, 11) is 0. The molecular weight excluding hydrogens is 364 g/mol. The van der Waals surface area contributed by atoms with Crippen molar-refractivity contribution in [3.63, 3.8) is 0 Å². The summed E-state index contributed by atoms with van der Waals surface area (Å²) in [6, 6.07) is 18.8. The molecular formula is C23H24N4O2. The molecule has 0 spiro atoms. The molecule has 2 amide bonds. The van der Waals surface area contributed by atoms with Crippen LogP contribution in [-0.2, 0) is 0 Å². The zero-order valence-electron chi connectivity index (χ0n) is 16.7. The summed E-state index contributed by atoms with van der Waals surface area (Å²) in [5.74, 6) is 0.0173. The molecule has 1 aliphatic rings. The quantitative estimate of drug-likeness (QED) is 0.693. The van der Waals surface area contributed by atoms with E-state index < -0.39 is 0 Å². The molecule has 1 aliphatic heterocycles. The molecule has 4 rings (SSSR count). The average molecular weight is 388 g/mol. The van der Waals surface area contributed by atoms with E-state index in [1.807, 2.05) is 89.0 Å². The van der Waals surface area contributed by atoms with Gasteiger partial charge in [0.15, 0.2) is 0 Å². The van der Waals surface area contributed by atoms with Gasteiger partial charge in [-0.1, -0.05) is 18.2 Å². The Morgan fingerprint density at radius 1 is 0.759 bits per heavy atom. The van der Waals surface area contributed by atoms with Crippen molar-refractivity contribution in [1.29, 1.82) is 0 Å². The van der Waals surface area contributed by atoms with Crippen molar-refractivity contribution in [1.82, 2.24) is 19.6 Å². The topological polar surface area (TPSA) is 58.4 Å². The van der Waals surface area contributed by atoms with Gasteiger partial charge in [0, 0.05) is 43.0 Å². The predicted molar refractivity (Wildman–Crippen MR) is 111 cm³/mol. The highest BCUT2D eigenvalue weighted by molar-refractivity contribution is 5.96. The normalized spacial score (nSPS) is 14.1. The Morgan fingerprint density at radius 3 is 1.76 bits per heavy atom. The first kappa shape index (κ1) is 18.9. The SMILES string of the molecule is Cc1cc(C)n(-c2ccc(C(=O)N3CCN(C(=O)c4ccccc4)CC3)cc2)n1. The molecule has 0 N–H and O–H groups in total. The van der Waals surface area contributed by atoms with Crippen LogP contribution in [0.1, 0.15) is 32.1 Å². The standard InChI is InChI=1S/C23H24N4O2/c1-17-16-18(2)27(24-17)21-10-8-20(9-11-21)23(29)26-14-12-25(13-15-26)22(28)19-6-4-3-5-7-19/h3-11,16H,12-15H2,1-2H3. The summed E-state index contributed by atoms with van der Waals surface area (Å²) in [5, 5.41) is 4.48. The molecule has 3 aromatic rings. The minimum Gasteiger partial charge on any atom is -0.335 e. The fourth-order valence-corrected chi connectivity index (χ4v) is 3.69. The monoisotopic (exact) mass is 388 g/mol. The van der Waals surface area contributed by atoms with Gasteiger partial charge in [0.05, 0.1) is 11.4 Å². The number of hydrogen-bond acceptors (Lipinski definition) is 3. The molecule has 0 bridgehead atoms. The predicted octanol–water partition coefficient (Wildman–Crippen LogP) is 3.09. The van der Waals surface area contributed by atoms with Crippen LogP contribution >= 0.6 is 0 Å². The third-order valence-corrected chi connectivity index (χ3v) is 5.24. The summed E-state index contributed by atoms with van der Waals surface area (Å²) >= 11 is 0. The zero-order chi connectivity index (χ0) is 20.4. The highest BCUT2D eigenvalue weighted by Gasteiger charge is 2.25. The Labute approximate surface area is 170 Å². The molecule has 1 saturated heterocycles. The summed E-state index contributed by atoms with van der Waals surface area (Å²) < 4.78 is 1.87. The van der Waals surface area contributed by atoms with E-state index in [1.54, 1.807) is 0 Å². The smallest absolute Gasteiger partial charge is 0.253 e. The second kappa shape index (κ2) is 7.91. The fraction of sp³-hybridized carbons (Fsp3) is 0.261. The summed E-state index contributed by atoms with van der Waals surface area (Å²) in [4.78, 5) is 29.1. The Hall–Kier alpha value is -3.41. The number of carbonyl (C=O) groups is 2. The highest BCUT2D eigenvalue weighted by atomic mass is 16.2. The fourth-order valence-electron chi connectivity index (χ4n) is 3.69. The maximum Gasteiger partial charge on any atom is 0.253 e. The first-order chi connectivity index (χ1) is 14.0. The van der Waals surface area contributed by atoms with E-state index >= 15 is 0 Å². The van der Waals surface area contributed by atoms with Crippen LogP contribution in [0.15, 0.2) is 60.7 Å². The number of aromatic nitrogens is 2. The minimum atomic E-state index is -0.00303. The molecule has 0 aliphatic carbocycles.